The summed E-state index contributed by atoms with van der Waals surface area (Å²) >= 11 is 6.00. The maximum atomic E-state index is 6.00. The molecular formula is C18H22ClN. The van der Waals surface area contributed by atoms with Crippen molar-refractivity contribution >= 4 is 11.6 Å². The van der Waals surface area contributed by atoms with Crippen molar-refractivity contribution < 1.29 is 0 Å². The van der Waals surface area contributed by atoms with E-state index in [9.17, 15) is 0 Å². The Morgan fingerprint density at radius 2 is 1.55 bits per heavy atom. The Bertz CT molecular complexity index is 540. The second kappa shape index (κ2) is 6.92. The molecule has 0 spiro atoms. The normalized spacial score (nSPS) is 12.4. The van der Waals surface area contributed by atoms with Crippen molar-refractivity contribution in [3.63, 3.8) is 0 Å². The van der Waals surface area contributed by atoms with Crippen molar-refractivity contribution in [2.45, 2.75) is 33.2 Å². The van der Waals surface area contributed by atoms with Gasteiger partial charge in [-0.15, -0.1) is 0 Å². The van der Waals surface area contributed by atoms with Crippen LogP contribution in [0.5, 0.6) is 0 Å². The Kier molecular flexibility index (Phi) is 5.22. The lowest BCUT2D eigenvalue weighted by atomic mass is 9.95. The van der Waals surface area contributed by atoms with E-state index in [0.717, 1.165) is 18.0 Å². The summed E-state index contributed by atoms with van der Waals surface area (Å²) in [6.07, 6.45) is 1.12. The molecule has 0 aliphatic heterocycles. The van der Waals surface area contributed by atoms with E-state index in [1.165, 1.54) is 22.3 Å². The average Bonchev–Trinajstić information content (AvgIpc) is 2.40. The highest BCUT2D eigenvalue weighted by Gasteiger charge is 2.13. The van der Waals surface area contributed by atoms with Gasteiger partial charge in [-0.05, 0) is 50.1 Å². The van der Waals surface area contributed by atoms with Gasteiger partial charge in [-0.25, -0.2) is 0 Å². The van der Waals surface area contributed by atoms with Crippen molar-refractivity contribution in [2.75, 3.05) is 6.54 Å². The lowest BCUT2D eigenvalue weighted by Gasteiger charge is -2.21. The molecule has 1 atom stereocenters. The molecule has 0 amide bonds. The number of rotatable bonds is 5. The molecule has 0 radical (unpaired) electrons. The highest BCUT2D eigenvalue weighted by Crippen LogP contribution is 2.25. The van der Waals surface area contributed by atoms with E-state index in [1.54, 1.807) is 0 Å². The molecule has 0 aliphatic rings. The van der Waals surface area contributed by atoms with Crippen LogP contribution in [0.1, 0.15) is 41.6 Å². The van der Waals surface area contributed by atoms with Gasteiger partial charge >= 0.3 is 0 Å². The molecule has 2 heteroatoms. The largest absolute Gasteiger partial charge is 0.306 e. The van der Waals surface area contributed by atoms with Crippen molar-refractivity contribution in [1.29, 1.82) is 0 Å². The van der Waals surface area contributed by atoms with Gasteiger partial charge in [-0.2, -0.15) is 0 Å². The summed E-state index contributed by atoms with van der Waals surface area (Å²) < 4.78 is 0. The molecule has 1 unspecified atom stereocenters. The van der Waals surface area contributed by atoms with Crippen LogP contribution in [0.3, 0.4) is 0 Å². The van der Waals surface area contributed by atoms with E-state index < -0.39 is 0 Å². The highest BCUT2D eigenvalue weighted by molar-refractivity contribution is 6.30. The number of hydrogen-bond donors (Lipinski definition) is 1. The zero-order valence-corrected chi connectivity index (χ0v) is 13.2. The van der Waals surface area contributed by atoms with Crippen LogP contribution >= 0.6 is 11.6 Å². The first kappa shape index (κ1) is 15.1. The van der Waals surface area contributed by atoms with Gasteiger partial charge in [0.1, 0.15) is 0 Å². The SMILES string of the molecule is CCCNC(c1ccc(Cl)cc1)c1cc(C)cc(C)c1. The van der Waals surface area contributed by atoms with Gasteiger partial charge in [-0.3, -0.25) is 0 Å². The Hall–Kier alpha value is -1.31. The predicted molar refractivity (Wildman–Crippen MR) is 87.5 cm³/mol. The van der Waals surface area contributed by atoms with E-state index in [2.05, 4.69) is 56.4 Å². The van der Waals surface area contributed by atoms with E-state index in [1.807, 2.05) is 12.1 Å². The number of halogens is 1. The Morgan fingerprint density at radius 1 is 0.950 bits per heavy atom. The van der Waals surface area contributed by atoms with Gasteiger partial charge in [-0.1, -0.05) is 60.0 Å². The molecule has 0 saturated carbocycles. The molecular weight excluding hydrogens is 266 g/mol. The molecule has 106 valence electrons. The van der Waals surface area contributed by atoms with Gasteiger partial charge in [0.15, 0.2) is 0 Å². The molecule has 2 aromatic rings. The summed E-state index contributed by atoms with van der Waals surface area (Å²) in [4.78, 5) is 0. The Labute approximate surface area is 127 Å². The van der Waals surface area contributed by atoms with Gasteiger partial charge in [0.25, 0.3) is 0 Å². The summed E-state index contributed by atoms with van der Waals surface area (Å²) in [5.41, 5.74) is 5.18. The minimum Gasteiger partial charge on any atom is -0.306 e. The van der Waals surface area contributed by atoms with Gasteiger partial charge < -0.3 is 5.32 Å². The lowest BCUT2D eigenvalue weighted by Crippen LogP contribution is -2.23. The fourth-order valence-corrected chi connectivity index (χ4v) is 2.67. The van der Waals surface area contributed by atoms with Gasteiger partial charge in [0.05, 0.1) is 6.04 Å². The minimum atomic E-state index is 0.228. The fourth-order valence-electron chi connectivity index (χ4n) is 2.55. The Morgan fingerprint density at radius 3 is 2.10 bits per heavy atom. The van der Waals surface area contributed by atoms with Crippen molar-refractivity contribution in [3.05, 3.63) is 69.7 Å². The van der Waals surface area contributed by atoms with Crippen LogP contribution in [0.15, 0.2) is 42.5 Å². The molecule has 0 aliphatic carbocycles. The summed E-state index contributed by atoms with van der Waals surface area (Å²) in [5, 5.41) is 4.41. The van der Waals surface area contributed by atoms with Crippen LogP contribution in [-0.4, -0.2) is 6.54 Å². The summed E-state index contributed by atoms with van der Waals surface area (Å²) in [7, 11) is 0. The average molecular weight is 288 g/mol. The van der Waals surface area contributed by atoms with Gasteiger partial charge in [0, 0.05) is 5.02 Å². The maximum Gasteiger partial charge on any atom is 0.0576 e. The zero-order valence-electron chi connectivity index (χ0n) is 12.4. The first-order valence-electron chi connectivity index (χ1n) is 7.17. The molecule has 0 heterocycles. The molecule has 1 nitrogen and oxygen atoms in total. The standard InChI is InChI=1S/C18H22ClN/c1-4-9-20-18(15-5-7-17(19)8-6-15)16-11-13(2)10-14(3)12-16/h5-8,10-12,18,20H,4,9H2,1-3H3. The second-order valence-corrected chi connectivity index (χ2v) is 5.80. The monoisotopic (exact) mass is 287 g/mol. The molecule has 20 heavy (non-hydrogen) atoms. The highest BCUT2D eigenvalue weighted by atomic mass is 35.5. The molecule has 0 fully saturated rings. The van der Waals surface area contributed by atoms with E-state index in [-0.39, 0.29) is 6.04 Å². The van der Waals surface area contributed by atoms with Crippen molar-refractivity contribution in [2.24, 2.45) is 0 Å². The van der Waals surface area contributed by atoms with Crippen LogP contribution in [0, 0.1) is 13.8 Å². The van der Waals surface area contributed by atoms with Crippen LogP contribution in [0.4, 0.5) is 0 Å². The zero-order chi connectivity index (χ0) is 14.5. The van der Waals surface area contributed by atoms with Crippen LogP contribution in [0.25, 0.3) is 0 Å². The van der Waals surface area contributed by atoms with Crippen LogP contribution in [-0.2, 0) is 0 Å². The van der Waals surface area contributed by atoms with Crippen molar-refractivity contribution in [1.82, 2.24) is 5.32 Å². The molecule has 0 saturated heterocycles. The summed E-state index contributed by atoms with van der Waals surface area (Å²) in [6.45, 7) is 7.48. The van der Waals surface area contributed by atoms with Gasteiger partial charge in [0.2, 0.25) is 0 Å². The molecule has 1 N–H and O–H groups in total. The molecule has 0 bridgehead atoms. The number of benzene rings is 2. The number of hydrogen-bond acceptors (Lipinski definition) is 1. The lowest BCUT2D eigenvalue weighted by molar-refractivity contribution is 0.598. The maximum absolute atomic E-state index is 6.00. The third-order valence-corrected chi connectivity index (χ3v) is 3.63. The Balaban J connectivity index is 2.38. The molecule has 0 aromatic heterocycles. The molecule has 2 aromatic carbocycles. The third-order valence-electron chi connectivity index (χ3n) is 3.38. The van der Waals surface area contributed by atoms with Crippen LogP contribution in [0.2, 0.25) is 5.02 Å². The van der Waals surface area contributed by atoms with Crippen LogP contribution < -0.4 is 5.32 Å². The van der Waals surface area contributed by atoms with E-state index in [4.69, 9.17) is 11.6 Å². The second-order valence-electron chi connectivity index (χ2n) is 5.36. The number of aryl methyl sites for hydroxylation is 2. The summed E-state index contributed by atoms with van der Waals surface area (Å²) in [5.74, 6) is 0. The first-order chi connectivity index (χ1) is 9.60. The van der Waals surface area contributed by atoms with E-state index >= 15 is 0 Å². The quantitative estimate of drug-likeness (QED) is 0.812. The third kappa shape index (κ3) is 3.84. The minimum absolute atomic E-state index is 0.228. The van der Waals surface area contributed by atoms with E-state index in [0.29, 0.717) is 0 Å². The predicted octanol–water partition coefficient (Wildman–Crippen LogP) is 5.05. The van der Waals surface area contributed by atoms with Crippen molar-refractivity contribution in [3.8, 4) is 0 Å². The number of nitrogens with one attached hydrogen (secondary N) is 1. The fraction of sp³-hybridized carbons (Fsp3) is 0.333. The first-order valence-corrected chi connectivity index (χ1v) is 7.55. The summed E-state index contributed by atoms with van der Waals surface area (Å²) in [6, 6.07) is 15.1. The smallest absolute Gasteiger partial charge is 0.0576 e. The topological polar surface area (TPSA) is 12.0 Å². The molecule has 2 rings (SSSR count).